The third-order valence-corrected chi connectivity index (χ3v) is 3.30. The van der Waals surface area contributed by atoms with Gasteiger partial charge in [0.25, 0.3) is 5.91 Å². The molecule has 0 fully saturated rings. The molecule has 1 heterocycles. The predicted molar refractivity (Wildman–Crippen MR) is 86.2 cm³/mol. The van der Waals surface area contributed by atoms with Crippen molar-refractivity contribution in [2.75, 3.05) is 23.9 Å². The zero-order valence-corrected chi connectivity index (χ0v) is 13.7. The van der Waals surface area contributed by atoms with Gasteiger partial charge in [0, 0.05) is 24.5 Å². The van der Waals surface area contributed by atoms with E-state index in [1.165, 1.54) is 11.2 Å². The standard InChI is InChI=1S/C15H15BrN2O4/c1-3-21-15(20)18(2)12-6-4-11(5-7-12)17-14(19)10-8-13(16)22-9-10/h4-9H,3H2,1-2H3,(H,17,19). The van der Waals surface area contributed by atoms with Crippen molar-refractivity contribution in [3.63, 3.8) is 0 Å². The molecule has 0 radical (unpaired) electrons. The molecule has 116 valence electrons. The lowest BCUT2D eigenvalue weighted by molar-refractivity contribution is 0.102. The van der Waals surface area contributed by atoms with Crippen LogP contribution in [0.25, 0.3) is 0 Å². The monoisotopic (exact) mass is 366 g/mol. The van der Waals surface area contributed by atoms with Gasteiger partial charge in [0.05, 0.1) is 12.2 Å². The third kappa shape index (κ3) is 3.88. The molecule has 0 saturated carbocycles. The number of hydrogen-bond donors (Lipinski definition) is 1. The molecule has 0 saturated heterocycles. The van der Waals surface area contributed by atoms with Crippen molar-refractivity contribution >= 4 is 39.3 Å². The van der Waals surface area contributed by atoms with E-state index in [4.69, 9.17) is 9.15 Å². The van der Waals surface area contributed by atoms with E-state index >= 15 is 0 Å². The normalized spacial score (nSPS) is 10.1. The van der Waals surface area contributed by atoms with E-state index in [9.17, 15) is 9.59 Å². The summed E-state index contributed by atoms with van der Waals surface area (Å²) in [6, 6.07) is 8.43. The predicted octanol–water partition coefficient (Wildman–Crippen LogP) is 3.89. The highest BCUT2D eigenvalue weighted by Crippen LogP contribution is 2.19. The Labute approximate surface area is 136 Å². The van der Waals surface area contributed by atoms with E-state index in [1.807, 2.05) is 0 Å². The van der Waals surface area contributed by atoms with Crippen LogP contribution in [0.4, 0.5) is 16.2 Å². The highest BCUT2D eigenvalue weighted by Gasteiger charge is 2.12. The first-order valence-electron chi connectivity index (χ1n) is 6.57. The molecule has 0 atom stereocenters. The lowest BCUT2D eigenvalue weighted by Gasteiger charge is -2.16. The molecule has 7 heteroatoms. The highest BCUT2D eigenvalue weighted by molar-refractivity contribution is 9.10. The van der Waals surface area contributed by atoms with Gasteiger partial charge in [-0.15, -0.1) is 0 Å². The summed E-state index contributed by atoms with van der Waals surface area (Å²) < 4.78 is 10.4. The Hall–Kier alpha value is -2.28. The Balaban J connectivity index is 2.03. The maximum absolute atomic E-state index is 12.0. The molecule has 2 aromatic rings. The van der Waals surface area contributed by atoms with Gasteiger partial charge in [-0.25, -0.2) is 4.79 Å². The molecule has 2 rings (SSSR count). The summed E-state index contributed by atoms with van der Waals surface area (Å²) in [6.07, 6.45) is 0.935. The molecule has 0 spiro atoms. The average molecular weight is 367 g/mol. The van der Waals surface area contributed by atoms with Crippen molar-refractivity contribution in [2.45, 2.75) is 6.92 Å². The van der Waals surface area contributed by atoms with Crippen molar-refractivity contribution in [1.29, 1.82) is 0 Å². The number of nitrogens with one attached hydrogen (secondary N) is 1. The number of anilines is 2. The second-order valence-electron chi connectivity index (χ2n) is 4.40. The number of rotatable bonds is 4. The molecular formula is C15H15BrN2O4. The molecular weight excluding hydrogens is 352 g/mol. The lowest BCUT2D eigenvalue weighted by atomic mass is 10.2. The minimum Gasteiger partial charge on any atom is -0.457 e. The van der Waals surface area contributed by atoms with Crippen LogP contribution < -0.4 is 10.2 Å². The lowest BCUT2D eigenvalue weighted by Crippen LogP contribution is -2.26. The Morgan fingerprint density at radius 2 is 2.00 bits per heavy atom. The van der Waals surface area contributed by atoms with E-state index < -0.39 is 6.09 Å². The van der Waals surface area contributed by atoms with Gasteiger partial charge < -0.3 is 14.5 Å². The number of amides is 2. The SMILES string of the molecule is CCOC(=O)N(C)c1ccc(NC(=O)c2coc(Br)c2)cc1. The van der Waals surface area contributed by atoms with Gasteiger partial charge >= 0.3 is 6.09 Å². The molecule has 1 aromatic heterocycles. The van der Waals surface area contributed by atoms with Gasteiger partial charge in [-0.3, -0.25) is 9.69 Å². The largest absolute Gasteiger partial charge is 0.457 e. The van der Waals surface area contributed by atoms with Crippen LogP contribution in [0.15, 0.2) is 45.7 Å². The number of halogens is 1. The first kappa shape index (κ1) is 16.1. The fraction of sp³-hybridized carbons (Fsp3) is 0.200. The molecule has 0 aliphatic carbocycles. The molecule has 0 aliphatic heterocycles. The fourth-order valence-electron chi connectivity index (χ4n) is 1.73. The average Bonchev–Trinajstić information content (AvgIpc) is 2.94. The molecule has 0 unspecified atom stereocenters. The fourth-order valence-corrected chi connectivity index (χ4v) is 2.07. The van der Waals surface area contributed by atoms with Gasteiger partial charge in [-0.05, 0) is 47.1 Å². The van der Waals surface area contributed by atoms with Crippen LogP contribution in [-0.2, 0) is 4.74 Å². The number of ether oxygens (including phenoxy) is 1. The first-order chi connectivity index (χ1) is 10.5. The van der Waals surface area contributed by atoms with Crippen LogP contribution >= 0.6 is 15.9 Å². The van der Waals surface area contributed by atoms with Gasteiger partial charge in [-0.1, -0.05) is 0 Å². The maximum atomic E-state index is 12.0. The van der Waals surface area contributed by atoms with Crippen molar-refractivity contribution < 1.29 is 18.7 Å². The number of carbonyl (C=O) groups is 2. The van der Waals surface area contributed by atoms with Crippen LogP contribution in [0, 0.1) is 0 Å². The number of hydrogen-bond acceptors (Lipinski definition) is 4. The number of nitrogens with zero attached hydrogens (tertiary/aromatic N) is 1. The van der Waals surface area contributed by atoms with E-state index in [0.29, 0.717) is 28.2 Å². The van der Waals surface area contributed by atoms with E-state index in [2.05, 4.69) is 21.2 Å². The summed E-state index contributed by atoms with van der Waals surface area (Å²) in [6.45, 7) is 2.07. The summed E-state index contributed by atoms with van der Waals surface area (Å²) in [7, 11) is 1.62. The molecule has 1 N–H and O–H groups in total. The van der Waals surface area contributed by atoms with Crippen molar-refractivity contribution in [3.8, 4) is 0 Å². The van der Waals surface area contributed by atoms with Crippen LogP contribution in [0.1, 0.15) is 17.3 Å². The summed E-state index contributed by atoms with van der Waals surface area (Å²) >= 11 is 3.14. The minimum absolute atomic E-state index is 0.277. The van der Waals surface area contributed by atoms with Crippen molar-refractivity contribution in [2.24, 2.45) is 0 Å². The van der Waals surface area contributed by atoms with Gasteiger partial charge in [-0.2, -0.15) is 0 Å². The van der Waals surface area contributed by atoms with Gasteiger partial charge in [0.15, 0.2) is 4.67 Å². The van der Waals surface area contributed by atoms with Crippen molar-refractivity contribution in [1.82, 2.24) is 0 Å². The molecule has 22 heavy (non-hydrogen) atoms. The van der Waals surface area contributed by atoms with E-state index in [1.54, 1.807) is 44.3 Å². The second kappa shape index (κ2) is 7.13. The highest BCUT2D eigenvalue weighted by atomic mass is 79.9. The molecule has 0 bridgehead atoms. The van der Waals surface area contributed by atoms with Crippen LogP contribution in [0.2, 0.25) is 0 Å². The topological polar surface area (TPSA) is 71.8 Å². The zero-order chi connectivity index (χ0) is 16.1. The molecule has 0 aliphatic rings. The third-order valence-electron chi connectivity index (χ3n) is 2.88. The Bertz CT molecular complexity index is 666. The van der Waals surface area contributed by atoms with Crippen LogP contribution in [0.3, 0.4) is 0 Å². The van der Waals surface area contributed by atoms with Crippen LogP contribution in [-0.4, -0.2) is 25.7 Å². The van der Waals surface area contributed by atoms with E-state index in [-0.39, 0.29) is 5.91 Å². The number of carbonyl (C=O) groups excluding carboxylic acids is 2. The molecule has 2 amide bonds. The Morgan fingerprint density at radius 3 is 2.55 bits per heavy atom. The molecule has 6 nitrogen and oxygen atoms in total. The summed E-state index contributed by atoms with van der Waals surface area (Å²) in [5.74, 6) is -0.277. The van der Waals surface area contributed by atoms with Crippen LogP contribution in [0.5, 0.6) is 0 Å². The van der Waals surface area contributed by atoms with Gasteiger partial charge in [0.1, 0.15) is 6.26 Å². The summed E-state index contributed by atoms with van der Waals surface area (Å²) in [4.78, 5) is 25.0. The maximum Gasteiger partial charge on any atom is 0.413 e. The Kier molecular flexibility index (Phi) is 5.21. The second-order valence-corrected chi connectivity index (χ2v) is 5.18. The quantitative estimate of drug-likeness (QED) is 0.890. The summed E-state index contributed by atoms with van der Waals surface area (Å²) in [5.41, 5.74) is 1.70. The van der Waals surface area contributed by atoms with Gasteiger partial charge in [0.2, 0.25) is 0 Å². The zero-order valence-electron chi connectivity index (χ0n) is 12.1. The number of furan rings is 1. The number of benzene rings is 1. The van der Waals surface area contributed by atoms with Crippen molar-refractivity contribution in [3.05, 3.63) is 46.8 Å². The molecule has 1 aromatic carbocycles. The first-order valence-corrected chi connectivity index (χ1v) is 7.36. The minimum atomic E-state index is -0.428. The van der Waals surface area contributed by atoms with E-state index in [0.717, 1.165) is 0 Å². The smallest absolute Gasteiger partial charge is 0.413 e. The summed E-state index contributed by atoms with van der Waals surface area (Å²) in [5, 5.41) is 2.74. The Morgan fingerprint density at radius 1 is 1.32 bits per heavy atom.